The van der Waals surface area contributed by atoms with Crippen LogP contribution in [0.5, 0.6) is 5.75 Å². The second-order valence-corrected chi connectivity index (χ2v) is 5.73. The monoisotopic (exact) mass is 287 g/mol. The topological polar surface area (TPSA) is 92.7 Å². The summed E-state index contributed by atoms with van der Waals surface area (Å²) in [7, 11) is -2.37. The Morgan fingerprint density at radius 2 is 2.05 bits per heavy atom. The Kier molecular flexibility index (Phi) is 5.31. The number of rotatable bonds is 7. The SMILES string of the molecule is CCC(NS(=O)(=O)CC(=O)O)c1ccccc1OC. The van der Waals surface area contributed by atoms with Gasteiger partial charge in [0.05, 0.1) is 13.2 Å². The number of benzene rings is 1. The number of hydrogen-bond acceptors (Lipinski definition) is 4. The van der Waals surface area contributed by atoms with Gasteiger partial charge in [0.1, 0.15) is 5.75 Å². The molecule has 19 heavy (non-hydrogen) atoms. The third kappa shape index (κ3) is 4.53. The van der Waals surface area contributed by atoms with Crippen LogP contribution in [-0.4, -0.2) is 32.4 Å². The van der Waals surface area contributed by atoms with E-state index in [0.717, 1.165) is 0 Å². The second kappa shape index (κ2) is 6.53. The predicted octanol–water partition coefficient (Wildman–Crippen LogP) is 1.15. The van der Waals surface area contributed by atoms with Gasteiger partial charge in [-0.05, 0) is 12.5 Å². The molecule has 6 nitrogen and oxygen atoms in total. The molecule has 0 fully saturated rings. The highest BCUT2D eigenvalue weighted by molar-refractivity contribution is 7.90. The molecule has 0 saturated heterocycles. The van der Waals surface area contributed by atoms with Crippen molar-refractivity contribution in [2.24, 2.45) is 0 Å². The summed E-state index contributed by atoms with van der Waals surface area (Å²) in [5.74, 6) is -1.77. The fraction of sp³-hybridized carbons (Fsp3) is 0.417. The van der Waals surface area contributed by atoms with Gasteiger partial charge in [-0.15, -0.1) is 0 Å². The zero-order valence-corrected chi connectivity index (χ0v) is 11.6. The molecule has 1 aromatic carbocycles. The van der Waals surface area contributed by atoms with Crippen molar-refractivity contribution in [1.29, 1.82) is 0 Å². The number of para-hydroxylation sites is 1. The lowest BCUT2D eigenvalue weighted by atomic mass is 10.0. The molecule has 0 aliphatic carbocycles. The summed E-state index contributed by atoms with van der Waals surface area (Å²) < 4.78 is 30.9. The highest BCUT2D eigenvalue weighted by Gasteiger charge is 2.22. The maximum absolute atomic E-state index is 11.7. The number of methoxy groups -OCH3 is 1. The Morgan fingerprint density at radius 3 is 2.58 bits per heavy atom. The van der Waals surface area contributed by atoms with Crippen molar-refractivity contribution < 1.29 is 23.1 Å². The number of carboxylic acids is 1. The number of sulfonamides is 1. The summed E-state index contributed by atoms with van der Waals surface area (Å²) in [6.07, 6.45) is 0.485. The standard InChI is InChI=1S/C12H17NO5S/c1-3-10(13-19(16,17)8-12(14)15)9-6-4-5-7-11(9)18-2/h4-7,10,13H,3,8H2,1-2H3,(H,14,15). The maximum atomic E-state index is 11.7. The molecule has 0 amide bonds. The third-order valence-corrected chi connectivity index (χ3v) is 3.83. The lowest BCUT2D eigenvalue weighted by Crippen LogP contribution is -2.33. The van der Waals surface area contributed by atoms with Crippen LogP contribution >= 0.6 is 0 Å². The summed E-state index contributed by atoms with van der Waals surface area (Å²) in [6.45, 7) is 1.81. The minimum Gasteiger partial charge on any atom is -0.496 e. The van der Waals surface area contributed by atoms with E-state index in [1.54, 1.807) is 31.2 Å². The first-order valence-electron chi connectivity index (χ1n) is 5.74. The summed E-state index contributed by atoms with van der Waals surface area (Å²) >= 11 is 0. The van der Waals surface area contributed by atoms with E-state index in [2.05, 4.69) is 4.72 Å². The summed E-state index contributed by atoms with van der Waals surface area (Å²) in [6, 6.07) is 6.51. The zero-order chi connectivity index (χ0) is 14.5. The van der Waals surface area contributed by atoms with E-state index in [0.29, 0.717) is 17.7 Å². The first-order valence-corrected chi connectivity index (χ1v) is 7.39. The molecule has 0 saturated carbocycles. The molecule has 106 valence electrons. The number of aliphatic carboxylic acids is 1. The van der Waals surface area contributed by atoms with Crippen LogP contribution in [0.2, 0.25) is 0 Å². The number of carbonyl (C=O) groups is 1. The summed E-state index contributed by atoms with van der Waals surface area (Å²) in [5, 5.41) is 8.56. The molecule has 0 aromatic heterocycles. The minimum absolute atomic E-state index is 0.485. The van der Waals surface area contributed by atoms with Gasteiger partial charge in [-0.2, -0.15) is 0 Å². The van der Waals surface area contributed by atoms with E-state index in [-0.39, 0.29) is 0 Å². The third-order valence-electron chi connectivity index (χ3n) is 2.56. The van der Waals surface area contributed by atoms with E-state index >= 15 is 0 Å². The van der Waals surface area contributed by atoms with Crippen molar-refractivity contribution in [1.82, 2.24) is 4.72 Å². The fourth-order valence-corrected chi connectivity index (χ4v) is 2.88. The lowest BCUT2D eigenvalue weighted by Gasteiger charge is -2.19. The molecule has 0 spiro atoms. The van der Waals surface area contributed by atoms with Gasteiger partial charge in [0, 0.05) is 5.56 Å². The average molecular weight is 287 g/mol. The first kappa shape index (κ1) is 15.5. The Hall–Kier alpha value is -1.60. The van der Waals surface area contributed by atoms with Crippen molar-refractivity contribution in [3.63, 3.8) is 0 Å². The molecular formula is C12H17NO5S. The number of nitrogens with one attached hydrogen (secondary N) is 1. The molecule has 0 heterocycles. The van der Waals surface area contributed by atoms with Gasteiger partial charge < -0.3 is 9.84 Å². The lowest BCUT2D eigenvalue weighted by molar-refractivity contribution is -0.134. The Bertz CT molecular complexity index is 541. The molecule has 0 aliphatic rings. The van der Waals surface area contributed by atoms with Crippen molar-refractivity contribution in [2.45, 2.75) is 19.4 Å². The molecule has 0 aliphatic heterocycles. The van der Waals surface area contributed by atoms with Crippen LogP contribution in [0.4, 0.5) is 0 Å². The average Bonchev–Trinajstić information content (AvgIpc) is 2.34. The molecule has 1 unspecified atom stereocenters. The van der Waals surface area contributed by atoms with Gasteiger partial charge in [-0.25, -0.2) is 13.1 Å². The Labute approximate surface area is 112 Å². The fourth-order valence-electron chi connectivity index (χ4n) is 1.74. The smallest absolute Gasteiger partial charge is 0.320 e. The van der Waals surface area contributed by atoms with Crippen LogP contribution in [0.1, 0.15) is 24.9 Å². The van der Waals surface area contributed by atoms with E-state index in [9.17, 15) is 13.2 Å². The zero-order valence-electron chi connectivity index (χ0n) is 10.8. The van der Waals surface area contributed by atoms with Gasteiger partial charge in [0.25, 0.3) is 0 Å². The van der Waals surface area contributed by atoms with Gasteiger partial charge in [-0.1, -0.05) is 25.1 Å². The van der Waals surface area contributed by atoms with Crippen LogP contribution in [0.15, 0.2) is 24.3 Å². The largest absolute Gasteiger partial charge is 0.496 e. The first-order chi connectivity index (χ1) is 8.89. The van der Waals surface area contributed by atoms with Crippen LogP contribution in [-0.2, 0) is 14.8 Å². The molecule has 0 bridgehead atoms. The maximum Gasteiger partial charge on any atom is 0.320 e. The molecule has 1 atom stereocenters. The predicted molar refractivity (Wildman–Crippen MR) is 70.6 cm³/mol. The number of hydrogen-bond donors (Lipinski definition) is 2. The molecular weight excluding hydrogens is 270 g/mol. The quantitative estimate of drug-likeness (QED) is 0.784. The summed E-state index contributed by atoms with van der Waals surface area (Å²) in [4.78, 5) is 10.5. The van der Waals surface area contributed by atoms with E-state index < -0.39 is 27.8 Å². The van der Waals surface area contributed by atoms with Crippen LogP contribution in [0, 0.1) is 0 Å². The van der Waals surface area contributed by atoms with Crippen LogP contribution < -0.4 is 9.46 Å². The van der Waals surface area contributed by atoms with Gasteiger partial charge >= 0.3 is 5.97 Å². The van der Waals surface area contributed by atoms with Gasteiger partial charge in [0.2, 0.25) is 10.0 Å². The molecule has 0 radical (unpaired) electrons. The van der Waals surface area contributed by atoms with Crippen LogP contribution in [0.3, 0.4) is 0 Å². The molecule has 1 rings (SSSR count). The van der Waals surface area contributed by atoms with Gasteiger partial charge in [-0.3, -0.25) is 4.79 Å². The normalized spacial score (nSPS) is 12.9. The highest BCUT2D eigenvalue weighted by Crippen LogP contribution is 2.27. The van der Waals surface area contributed by atoms with Crippen LogP contribution in [0.25, 0.3) is 0 Å². The Balaban J connectivity index is 2.99. The summed E-state index contributed by atoms with van der Waals surface area (Å²) in [5.41, 5.74) is 0.682. The van der Waals surface area contributed by atoms with Crippen molar-refractivity contribution >= 4 is 16.0 Å². The van der Waals surface area contributed by atoms with E-state index in [4.69, 9.17) is 9.84 Å². The number of carboxylic acid groups (broad SMARTS) is 1. The van der Waals surface area contributed by atoms with Crippen molar-refractivity contribution in [3.05, 3.63) is 29.8 Å². The Morgan fingerprint density at radius 1 is 1.42 bits per heavy atom. The number of ether oxygens (including phenoxy) is 1. The highest BCUT2D eigenvalue weighted by atomic mass is 32.2. The van der Waals surface area contributed by atoms with Crippen molar-refractivity contribution in [3.8, 4) is 5.75 Å². The van der Waals surface area contributed by atoms with E-state index in [1.807, 2.05) is 0 Å². The van der Waals surface area contributed by atoms with Crippen molar-refractivity contribution in [2.75, 3.05) is 12.9 Å². The van der Waals surface area contributed by atoms with Gasteiger partial charge in [0.15, 0.2) is 5.75 Å². The molecule has 1 aromatic rings. The minimum atomic E-state index is -3.87. The molecule has 2 N–H and O–H groups in total. The molecule has 7 heteroatoms. The van der Waals surface area contributed by atoms with E-state index in [1.165, 1.54) is 7.11 Å². The second-order valence-electron chi connectivity index (χ2n) is 3.97.